The Morgan fingerprint density at radius 1 is 0.933 bits per heavy atom. The molecule has 0 bridgehead atoms. The lowest BCUT2D eigenvalue weighted by Gasteiger charge is -2.21. The van der Waals surface area contributed by atoms with E-state index >= 15 is 0 Å². The number of primary amides is 1. The molecule has 0 aromatic rings. The van der Waals surface area contributed by atoms with E-state index in [2.05, 4.69) is 10.6 Å². The fourth-order valence-electron chi connectivity index (χ4n) is 2.15. The van der Waals surface area contributed by atoms with E-state index < -0.39 is 72.8 Å². The molecule has 0 aliphatic rings. The molecule has 14 nitrogen and oxygen atoms in total. The zero-order valence-electron chi connectivity index (χ0n) is 16.3. The van der Waals surface area contributed by atoms with E-state index in [1.807, 2.05) is 5.32 Å². The third kappa shape index (κ3) is 10.9. The predicted octanol–water partition coefficient (Wildman–Crippen LogP) is -4.00. The average molecular weight is 433 g/mol. The number of nitrogens with one attached hydrogen (secondary N) is 3. The van der Waals surface area contributed by atoms with E-state index in [4.69, 9.17) is 21.7 Å². The van der Waals surface area contributed by atoms with Crippen LogP contribution in [0.25, 0.3) is 0 Å². The summed E-state index contributed by atoms with van der Waals surface area (Å²) < 4.78 is 0. The maximum Gasteiger partial charge on any atom is 0.328 e. The molecular weight excluding hydrogens is 406 g/mol. The van der Waals surface area contributed by atoms with Crippen molar-refractivity contribution in [2.75, 3.05) is 6.54 Å². The Labute approximate surface area is 171 Å². The summed E-state index contributed by atoms with van der Waals surface area (Å²) in [7, 11) is 0. The Bertz CT molecular complexity index is 667. The van der Waals surface area contributed by atoms with Crippen molar-refractivity contribution in [3.63, 3.8) is 0 Å². The fraction of sp³-hybridized carbons (Fsp3) is 0.625. The van der Waals surface area contributed by atoms with Crippen LogP contribution < -0.4 is 27.4 Å². The van der Waals surface area contributed by atoms with E-state index in [1.54, 1.807) is 0 Å². The van der Waals surface area contributed by atoms with Crippen molar-refractivity contribution in [2.24, 2.45) is 11.5 Å². The minimum atomic E-state index is -1.60. The average Bonchev–Trinajstić information content (AvgIpc) is 2.64. The van der Waals surface area contributed by atoms with Crippen molar-refractivity contribution in [3.8, 4) is 0 Å². The molecule has 0 rings (SSSR count). The van der Waals surface area contributed by atoms with Crippen molar-refractivity contribution >= 4 is 35.6 Å². The van der Waals surface area contributed by atoms with Gasteiger partial charge in [0.2, 0.25) is 23.6 Å². The Balaban J connectivity index is 4.91. The summed E-state index contributed by atoms with van der Waals surface area (Å²) in [6.07, 6.45) is -2.46. The second kappa shape index (κ2) is 13.1. The Morgan fingerprint density at radius 3 is 2.00 bits per heavy atom. The smallest absolute Gasteiger partial charge is 0.328 e. The molecule has 4 unspecified atom stereocenters. The summed E-state index contributed by atoms with van der Waals surface area (Å²) in [5.74, 6) is -6.07. The minimum absolute atomic E-state index is 0.0905. The Morgan fingerprint density at radius 2 is 1.53 bits per heavy atom. The number of carbonyl (C=O) groups is 6. The van der Waals surface area contributed by atoms with E-state index in [0.717, 1.165) is 6.92 Å². The predicted molar refractivity (Wildman–Crippen MR) is 99.5 cm³/mol. The molecule has 0 aromatic carbocycles. The van der Waals surface area contributed by atoms with Gasteiger partial charge in [0.25, 0.3) is 0 Å². The van der Waals surface area contributed by atoms with Crippen LogP contribution in [0.3, 0.4) is 0 Å². The lowest BCUT2D eigenvalue weighted by Crippen LogP contribution is -2.54. The molecule has 0 aliphatic carbocycles. The third-order valence-corrected chi connectivity index (χ3v) is 3.81. The maximum absolute atomic E-state index is 12.3. The molecule has 4 amide bonds. The third-order valence-electron chi connectivity index (χ3n) is 3.81. The topological polar surface area (TPSA) is 251 Å². The Kier molecular flexibility index (Phi) is 11.6. The van der Waals surface area contributed by atoms with Gasteiger partial charge in [0, 0.05) is 12.8 Å². The van der Waals surface area contributed by atoms with Crippen molar-refractivity contribution in [3.05, 3.63) is 0 Å². The van der Waals surface area contributed by atoms with Gasteiger partial charge in [0.05, 0.1) is 18.7 Å². The van der Waals surface area contributed by atoms with Crippen molar-refractivity contribution in [1.82, 2.24) is 16.0 Å². The largest absolute Gasteiger partial charge is 0.481 e. The molecule has 0 saturated heterocycles. The molecule has 4 atom stereocenters. The van der Waals surface area contributed by atoms with Crippen LogP contribution >= 0.6 is 0 Å². The summed E-state index contributed by atoms with van der Waals surface area (Å²) in [4.78, 5) is 68.6. The highest BCUT2D eigenvalue weighted by molar-refractivity contribution is 5.93. The molecule has 10 N–H and O–H groups in total. The molecule has 0 spiro atoms. The van der Waals surface area contributed by atoms with Gasteiger partial charge in [-0.15, -0.1) is 0 Å². The lowest BCUT2D eigenvalue weighted by atomic mass is 10.1. The van der Waals surface area contributed by atoms with E-state index in [1.165, 1.54) is 0 Å². The first-order valence-corrected chi connectivity index (χ1v) is 8.89. The summed E-state index contributed by atoms with van der Waals surface area (Å²) in [5, 5.41) is 33.4. The zero-order valence-corrected chi connectivity index (χ0v) is 16.3. The molecule has 14 heteroatoms. The van der Waals surface area contributed by atoms with Crippen molar-refractivity contribution in [1.29, 1.82) is 0 Å². The number of carbonyl (C=O) groups excluding carboxylic acids is 4. The lowest BCUT2D eigenvalue weighted by molar-refractivity contribution is -0.144. The number of amides is 4. The van der Waals surface area contributed by atoms with Gasteiger partial charge in [-0.05, 0) is 19.8 Å². The minimum Gasteiger partial charge on any atom is -0.481 e. The van der Waals surface area contributed by atoms with Gasteiger partial charge in [0.1, 0.15) is 6.04 Å². The van der Waals surface area contributed by atoms with Crippen LogP contribution in [0.15, 0.2) is 0 Å². The summed E-state index contributed by atoms with van der Waals surface area (Å²) in [6.45, 7) is 0.457. The van der Waals surface area contributed by atoms with Crippen molar-refractivity contribution in [2.45, 2.75) is 56.8 Å². The normalized spacial score (nSPS) is 14.5. The van der Waals surface area contributed by atoms with E-state index in [9.17, 15) is 33.9 Å². The highest BCUT2D eigenvalue weighted by Gasteiger charge is 2.27. The van der Waals surface area contributed by atoms with Crippen LogP contribution in [0, 0.1) is 0 Å². The van der Waals surface area contributed by atoms with Crippen LogP contribution in [-0.4, -0.2) is 81.7 Å². The number of aliphatic hydroxyl groups excluding tert-OH is 1. The summed E-state index contributed by atoms with van der Waals surface area (Å²) >= 11 is 0. The maximum atomic E-state index is 12.3. The number of carboxylic acids is 2. The molecule has 0 heterocycles. The summed E-state index contributed by atoms with van der Waals surface area (Å²) in [6, 6.07) is -4.13. The molecule has 0 saturated carbocycles. The second-order valence-electron chi connectivity index (χ2n) is 6.45. The number of aliphatic hydroxyl groups is 1. The molecule has 170 valence electrons. The molecule has 0 aromatic heterocycles. The van der Waals surface area contributed by atoms with Crippen LogP contribution in [0.1, 0.15) is 32.6 Å². The number of hydrogen-bond acceptors (Lipinski definition) is 8. The van der Waals surface area contributed by atoms with Gasteiger partial charge >= 0.3 is 11.9 Å². The monoisotopic (exact) mass is 433 g/mol. The first-order valence-electron chi connectivity index (χ1n) is 8.89. The molecular formula is C16H27N5O9. The molecule has 0 aliphatic heterocycles. The number of nitrogens with two attached hydrogens (primary N) is 2. The quantitative estimate of drug-likeness (QED) is 0.132. The van der Waals surface area contributed by atoms with Gasteiger partial charge in [-0.2, -0.15) is 0 Å². The van der Waals surface area contributed by atoms with Crippen LogP contribution in [0.4, 0.5) is 0 Å². The van der Waals surface area contributed by atoms with Gasteiger partial charge in [-0.25, -0.2) is 4.79 Å². The summed E-state index contributed by atoms with van der Waals surface area (Å²) in [5.41, 5.74) is 10.6. The number of hydrogen-bond donors (Lipinski definition) is 8. The standard InChI is InChI=1S/C16H27N5O9/c1-7(22)13(16(29)30)21-11(24)6-19-15(28)9(3-5-12(25)26)20-14(27)8(17)2-4-10(18)23/h7-9,13,22H,2-6,17H2,1H3,(H2,18,23)(H,19,28)(H,20,27)(H,21,24)(H,25,26)(H,29,30). The number of carboxylic acid groups (broad SMARTS) is 2. The van der Waals surface area contributed by atoms with E-state index in [0.29, 0.717) is 0 Å². The number of aliphatic carboxylic acids is 2. The zero-order chi connectivity index (χ0) is 23.4. The first-order chi connectivity index (χ1) is 13.8. The highest BCUT2D eigenvalue weighted by Crippen LogP contribution is 2.01. The molecule has 0 fully saturated rings. The number of rotatable bonds is 14. The van der Waals surface area contributed by atoms with Crippen LogP contribution in [-0.2, 0) is 28.8 Å². The van der Waals surface area contributed by atoms with Crippen LogP contribution in [0.2, 0.25) is 0 Å². The highest BCUT2D eigenvalue weighted by atomic mass is 16.4. The molecule has 0 radical (unpaired) electrons. The molecule has 30 heavy (non-hydrogen) atoms. The first kappa shape index (κ1) is 26.7. The SMILES string of the molecule is CC(O)C(NC(=O)CNC(=O)C(CCC(=O)O)NC(=O)C(N)CCC(N)=O)C(=O)O. The van der Waals surface area contributed by atoms with Gasteiger partial charge < -0.3 is 42.7 Å². The van der Waals surface area contributed by atoms with Crippen LogP contribution in [0.5, 0.6) is 0 Å². The Hall–Kier alpha value is -3.26. The van der Waals surface area contributed by atoms with Gasteiger partial charge in [-0.1, -0.05) is 0 Å². The van der Waals surface area contributed by atoms with Gasteiger partial charge in [-0.3, -0.25) is 24.0 Å². The van der Waals surface area contributed by atoms with Crippen molar-refractivity contribution < 1.29 is 44.1 Å². The second-order valence-corrected chi connectivity index (χ2v) is 6.45. The van der Waals surface area contributed by atoms with Gasteiger partial charge in [0.15, 0.2) is 6.04 Å². The van der Waals surface area contributed by atoms with E-state index in [-0.39, 0.29) is 19.3 Å². The fourth-order valence-corrected chi connectivity index (χ4v) is 2.15.